The highest BCUT2D eigenvalue weighted by Gasteiger charge is 2.21. The van der Waals surface area contributed by atoms with Crippen LogP contribution in [-0.2, 0) is 10.0 Å². The van der Waals surface area contributed by atoms with Crippen LogP contribution in [0.1, 0.15) is 34.6 Å². The lowest BCUT2D eigenvalue weighted by Gasteiger charge is -2.27. The van der Waals surface area contributed by atoms with Gasteiger partial charge in [-0.3, -0.25) is 0 Å². The Labute approximate surface area is 100 Å². The van der Waals surface area contributed by atoms with Crippen molar-refractivity contribution >= 4 is 10.0 Å². The molecular formula is C11H26N2O2S. The standard InChI is InChI=1S/C11H26N2O2S/c1-6-12-7-8-16(14,15)13-9-10(2)11(3,4)5/h10,12-13H,6-9H2,1-5H3. The minimum atomic E-state index is -3.12. The van der Waals surface area contributed by atoms with E-state index in [1.165, 1.54) is 0 Å². The van der Waals surface area contributed by atoms with Crippen LogP contribution in [0.5, 0.6) is 0 Å². The lowest BCUT2D eigenvalue weighted by molar-refractivity contribution is 0.263. The highest BCUT2D eigenvalue weighted by molar-refractivity contribution is 7.89. The van der Waals surface area contributed by atoms with E-state index in [0.29, 0.717) is 19.0 Å². The van der Waals surface area contributed by atoms with Crippen LogP contribution in [0.4, 0.5) is 0 Å². The fraction of sp³-hybridized carbons (Fsp3) is 1.00. The minimum Gasteiger partial charge on any atom is -0.316 e. The average Bonchev–Trinajstić information content (AvgIpc) is 2.13. The van der Waals surface area contributed by atoms with Gasteiger partial charge in [0.2, 0.25) is 10.0 Å². The molecule has 5 heteroatoms. The fourth-order valence-electron chi connectivity index (χ4n) is 1.01. The molecule has 0 aromatic heterocycles. The summed E-state index contributed by atoms with van der Waals surface area (Å²) in [5.41, 5.74) is 0.129. The van der Waals surface area contributed by atoms with Gasteiger partial charge in [-0.25, -0.2) is 13.1 Å². The van der Waals surface area contributed by atoms with Gasteiger partial charge in [-0.05, 0) is 17.9 Å². The summed E-state index contributed by atoms with van der Waals surface area (Å²) in [5.74, 6) is 0.471. The lowest BCUT2D eigenvalue weighted by Crippen LogP contribution is -2.37. The highest BCUT2D eigenvalue weighted by Crippen LogP contribution is 2.24. The van der Waals surface area contributed by atoms with Gasteiger partial charge in [-0.15, -0.1) is 0 Å². The van der Waals surface area contributed by atoms with Crippen LogP contribution in [0, 0.1) is 11.3 Å². The SMILES string of the molecule is CCNCCS(=O)(=O)NCC(C)C(C)(C)C. The van der Waals surface area contributed by atoms with E-state index in [1.807, 2.05) is 6.92 Å². The van der Waals surface area contributed by atoms with Gasteiger partial charge in [0.05, 0.1) is 5.75 Å². The number of hydrogen-bond donors (Lipinski definition) is 2. The Kier molecular flexibility index (Phi) is 6.51. The molecule has 98 valence electrons. The van der Waals surface area contributed by atoms with E-state index in [0.717, 1.165) is 6.54 Å². The van der Waals surface area contributed by atoms with Gasteiger partial charge in [0.1, 0.15) is 0 Å². The summed E-state index contributed by atoms with van der Waals surface area (Å²) in [6.07, 6.45) is 0. The van der Waals surface area contributed by atoms with E-state index in [9.17, 15) is 8.42 Å². The number of nitrogens with one attached hydrogen (secondary N) is 2. The predicted octanol–water partition coefficient (Wildman–Crippen LogP) is 1.20. The Morgan fingerprint density at radius 2 is 1.81 bits per heavy atom. The third-order valence-electron chi connectivity index (χ3n) is 2.89. The Morgan fingerprint density at radius 1 is 1.25 bits per heavy atom. The third kappa shape index (κ3) is 7.19. The van der Waals surface area contributed by atoms with Crippen LogP contribution < -0.4 is 10.0 Å². The second-order valence-electron chi connectivity index (χ2n) is 5.29. The van der Waals surface area contributed by atoms with Gasteiger partial charge in [0.25, 0.3) is 0 Å². The first-order chi connectivity index (χ1) is 7.19. The molecule has 0 aromatic rings. The molecule has 0 spiro atoms. The molecule has 0 aliphatic carbocycles. The first kappa shape index (κ1) is 15.9. The van der Waals surface area contributed by atoms with Crippen molar-refractivity contribution in [1.29, 1.82) is 0 Å². The van der Waals surface area contributed by atoms with E-state index in [2.05, 4.69) is 37.7 Å². The second kappa shape index (κ2) is 6.57. The van der Waals surface area contributed by atoms with Crippen molar-refractivity contribution < 1.29 is 8.42 Å². The van der Waals surface area contributed by atoms with Gasteiger partial charge in [0, 0.05) is 13.1 Å². The van der Waals surface area contributed by atoms with E-state index >= 15 is 0 Å². The van der Waals surface area contributed by atoms with Crippen LogP contribution >= 0.6 is 0 Å². The van der Waals surface area contributed by atoms with Crippen molar-refractivity contribution in [2.45, 2.75) is 34.6 Å². The molecule has 0 rings (SSSR count). The molecule has 2 N–H and O–H groups in total. The van der Waals surface area contributed by atoms with Crippen molar-refractivity contribution in [2.24, 2.45) is 11.3 Å². The van der Waals surface area contributed by atoms with E-state index in [-0.39, 0.29) is 11.2 Å². The topological polar surface area (TPSA) is 58.2 Å². The zero-order chi connectivity index (χ0) is 12.8. The number of sulfonamides is 1. The van der Waals surface area contributed by atoms with Crippen molar-refractivity contribution in [3.05, 3.63) is 0 Å². The molecule has 1 unspecified atom stereocenters. The Bertz CT molecular complexity index is 281. The summed E-state index contributed by atoms with van der Waals surface area (Å²) in [6, 6.07) is 0. The van der Waals surface area contributed by atoms with Crippen LogP contribution in [0.25, 0.3) is 0 Å². The van der Waals surface area contributed by atoms with Gasteiger partial charge in [-0.2, -0.15) is 0 Å². The van der Waals surface area contributed by atoms with Gasteiger partial charge in [0.15, 0.2) is 0 Å². The zero-order valence-electron chi connectivity index (χ0n) is 11.1. The molecule has 0 saturated carbocycles. The Morgan fingerprint density at radius 3 is 2.25 bits per heavy atom. The van der Waals surface area contributed by atoms with Gasteiger partial charge in [-0.1, -0.05) is 34.6 Å². The zero-order valence-corrected chi connectivity index (χ0v) is 11.9. The minimum absolute atomic E-state index is 0.129. The number of rotatable bonds is 7. The second-order valence-corrected chi connectivity index (χ2v) is 7.21. The van der Waals surface area contributed by atoms with Crippen LogP contribution in [0.3, 0.4) is 0 Å². The molecule has 0 heterocycles. The molecule has 0 amide bonds. The maximum Gasteiger partial charge on any atom is 0.212 e. The Hall–Kier alpha value is -0.130. The highest BCUT2D eigenvalue weighted by atomic mass is 32.2. The molecule has 4 nitrogen and oxygen atoms in total. The van der Waals surface area contributed by atoms with E-state index in [4.69, 9.17) is 0 Å². The normalized spacial score (nSPS) is 15.1. The summed E-state index contributed by atoms with van der Waals surface area (Å²) >= 11 is 0. The summed E-state index contributed by atoms with van der Waals surface area (Å²) in [6.45, 7) is 12.2. The maximum absolute atomic E-state index is 11.6. The van der Waals surface area contributed by atoms with Crippen molar-refractivity contribution in [2.75, 3.05) is 25.4 Å². The molecule has 1 atom stereocenters. The molecule has 0 fully saturated rings. The van der Waals surface area contributed by atoms with Gasteiger partial charge < -0.3 is 5.32 Å². The molecule has 16 heavy (non-hydrogen) atoms. The third-order valence-corrected chi connectivity index (χ3v) is 4.23. The van der Waals surface area contributed by atoms with Gasteiger partial charge >= 0.3 is 0 Å². The summed E-state index contributed by atoms with van der Waals surface area (Å²) in [4.78, 5) is 0. The summed E-state index contributed by atoms with van der Waals surface area (Å²) in [7, 11) is -3.12. The molecule has 0 aliphatic rings. The molecule has 0 saturated heterocycles. The largest absolute Gasteiger partial charge is 0.316 e. The summed E-state index contributed by atoms with van der Waals surface area (Å²) < 4.78 is 25.8. The first-order valence-corrected chi connectivity index (χ1v) is 7.52. The Balaban J connectivity index is 4.00. The van der Waals surface area contributed by atoms with Crippen molar-refractivity contribution in [3.8, 4) is 0 Å². The molecular weight excluding hydrogens is 224 g/mol. The molecule has 0 radical (unpaired) electrons. The first-order valence-electron chi connectivity index (χ1n) is 5.87. The maximum atomic E-state index is 11.6. The monoisotopic (exact) mass is 250 g/mol. The fourth-order valence-corrected chi connectivity index (χ4v) is 2.07. The van der Waals surface area contributed by atoms with Crippen molar-refractivity contribution in [1.82, 2.24) is 10.0 Å². The average molecular weight is 250 g/mol. The van der Waals surface area contributed by atoms with Crippen molar-refractivity contribution in [3.63, 3.8) is 0 Å². The number of hydrogen-bond acceptors (Lipinski definition) is 3. The smallest absolute Gasteiger partial charge is 0.212 e. The van der Waals surface area contributed by atoms with Crippen LogP contribution in [0.2, 0.25) is 0 Å². The quantitative estimate of drug-likeness (QED) is 0.668. The molecule has 0 aromatic carbocycles. The van der Waals surface area contributed by atoms with E-state index in [1.54, 1.807) is 0 Å². The predicted molar refractivity (Wildman–Crippen MR) is 69.0 cm³/mol. The molecule has 0 bridgehead atoms. The lowest BCUT2D eigenvalue weighted by atomic mass is 9.82. The van der Waals surface area contributed by atoms with E-state index < -0.39 is 10.0 Å². The molecule has 0 aliphatic heterocycles. The van der Waals surface area contributed by atoms with Crippen LogP contribution in [0.15, 0.2) is 0 Å². The van der Waals surface area contributed by atoms with Crippen LogP contribution in [-0.4, -0.2) is 33.8 Å². The summed E-state index contributed by atoms with van der Waals surface area (Å²) in [5, 5.41) is 3.00.